The number of aliphatic imine (C=N–C) groups is 1. The van der Waals surface area contributed by atoms with Gasteiger partial charge in [0.25, 0.3) is 0 Å². The number of hydrogen-bond acceptors (Lipinski definition) is 5. The highest BCUT2D eigenvalue weighted by molar-refractivity contribution is 8.15. The highest BCUT2D eigenvalue weighted by Crippen LogP contribution is 2.32. The molecule has 9 heteroatoms. The van der Waals surface area contributed by atoms with E-state index in [1.807, 2.05) is 0 Å². The Labute approximate surface area is 176 Å². The monoisotopic (exact) mass is 437 g/mol. The topological polar surface area (TPSA) is 71.0 Å². The van der Waals surface area contributed by atoms with E-state index in [9.17, 15) is 9.59 Å². The van der Waals surface area contributed by atoms with Gasteiger partial charge in [0.15, 0.2) is 5.17 Å². The number of carbonyl (C=O) groups is 2. The number of nitrogens with zero attached hydrogens (tertiary/aromatic N) is 2. The zero-order valence-electron chi connectivity index (χ0n) is 15.1. The lowest BCUT2D eigenvalue weighted by Crippen LogP contribution is -2.31. The van der Waals surface area contributed by atoms with E-state index in [1.54, 1.807) is 56.6 Å². The van der Waals surface area contributed by atoms with Crippen molar-refractivity contribution < 1.29 is 14.3 Å². The van der Waals surface area contributed by atoms with Gasteiger partial charge in [-0.3, -0.25) is 14.6 Å². The van der Waals surface area contributed by atoms with Gasteiger partial charge in [-0.2, -0.15) is 0 Å². The first-order valence-electron chi connectivity index (χ1n) is 8.28. The predicted octanol–water partition coefficient (Wildman–Crippen LogP) is 4.47. The molecule has 0 aromatic heterocycles. The number of amides is 2. The number of benzene rings is 2. The molecule has 6 nitrogen and oxygen atoms in total. The van der Waals surface area contributed by atoms with Crippen molar-refractivity contribution in [3.05, 3.63) is 52.5 Å². The molecule has 0 radical (unpaired) electrons. The van der Waals surface area contributed by atoms with Crippen LogP contribution in [0.1, 0.15) is 6.42 Å². The smallest absolute Gasteiger partial charge is 0.247 e. The molecule has 1 aliphatic rings. The van der Waals surface area contributed by atoms with Gasteiger partial charge in [0, 0.05) is 29.2 Å². The van der Waals surface area contributed by atoms with E-state index in [0.29, 0.717) is 32.3 Å². The Morgan fingerprint density at radius 1 is 1.18 bits per heavy atom. The van der Waals surface area contributed by atoms with Crippen LogP contribution >= 0.6 is 35.0 Å². The number of halogens is 2. The second kappa shape index (κ2) is 8.86. The quantitative estimate of drug-likeness (QED) is 0.434. The first kappa shape index (κ1) is 20.5. The molecule has 146 valence electrons. The van der Waals surface area contributed by atoms with Crippen LogP contribution < -0.4 is 15.0 Å². The van der Waals surface area contributed by atoms with E-state index in [0.717, 1.165) is 0 Å². The average molecular weight is 438 g/mol. The van der Waals surface area contributed by atoms with Crippen molar-refractivity contribution in [2.24, 2.45) is 4.99 Å². The standard InChI is InChI=1S/C19H17Cl2N3O3S/c1-22-19(23-13-8-11(20)7-12(21)9-13)28-16-10-17(25)24(18(16)26)14-3-5-15(27-2)6-4-14/h3-9,16H,10H2,1-2H3,(H,22,23)/t16-/m0/s1. The van der Waals surface area contributed by atoms with E-state index >= 15 is 0 Å². The van der Waals surface area contributed by atoms with Crippen LogP contribution in [-0.2, 0) is 9.59 Å². The summed E-state index contributed by atoms with van der Waals surface area (Å²) in [5.74, 6) is 0.111. The fourth-order valence-electron chi connectivity index (χ4n) is 2.72. The van der Waals surface area contributed by atoms with Gasteiger partial charge in [0.1, 0.15) is 11.0 Å². The average Bonchev–Trinajstić information content (AvgIpc) is 2.93. The largest absolute Gasteiger partial charge is 0.497 e. The van der Waals surface area contributed by atoms with Crippen LogP contribution in [0.25, 0.3) is 0 Å². The molecule has 1 atom stereocenters. The highest BCUT2D eigenvalue weighted by Gasteiger charge is 2.40. The summed E-state index contributed by atoms with van der Waals surface area (Å²) in [5, 5.41) is 3.96. The maximum absolute atomic E-state index is 12.8. The molecule has 0 bridgehead atoms. The minimum atomic E-state index is -0.574. The number of ether oxygens (including phenoxy) is 1. The molecule has 0 unspecified atom stereocenters. The third-order valence-electron chi connectivity index (χ3n) is 4.01. The van der Waals surface area contributed by atoms with Crippen LogP contribution in [0.4, 0.5) is 11.4 Å². The molecule has 28 heavy (non-hydrogen) atoms. The Balaban J connectivity index is 1.72. The number of carbonyl (C=O) groups excluding carboxylic acids is 2. The van der Waals surface area contributed by atoms with Gasteiger partial charge in [-0.25, -0.2) is 4.90 Å². The molecule has 0 aliphatic carbocycles. The summed E-state index contributed by atoms with van der Waals surface area (Å²) >= 11 is 13.2. The van der Waals surface area contributed by atoms with E-state index in [2.05, 4.69) is 10.3 Å². The zero-order chi connectivity index (χ0) is 20.3. The molecule has 3 rings (SSSR count). The molecule has 1 fully saturated rings. The maximum Gasteiger partial charge on any atom is 0.247 e. The Morgan fingerprint density at radius 2 is 1.82 bits per heavy atom. The van der Waals surface area contributed by atoms with Crippen molar-refractivity contribution in [2.45, 2.75) is 11.7 Å². The normalized spacial score (nSPS) is 17.2. The maximum atomic E-state index is 12.8. The number of amidine groups is 1. The predicted molar refractivity (Wildman–Crippen MR) is 115 cm³/mol. The number of nitrogens with one attached hydrogen (secondary N) is 1. The molecule has 1 N–H and O–H groups in total. The molecule has 1 heterocycles. The Bertz CT molecular complexity index is 914. The first-order valence-corrected chi connectivity index (χ1v) is 9.92. The van der Waals surface area contributed by atoms with E-state index < -0.39 is 5.25 Å². The van der Waals surface area contributed by atoms with Crippen LogP contribution in [0.3, 0.4) is 0 Å². The molecule has 2 aromatic rings. The summed E-state index contributed by atoms with van der Waals surface area (Å²) in [5.41, 5.74) is 1.16. The van der Waals surface area contributed by atoms with Crippen molar-refractivity contribution >= 4 is 63.3 Å². The summed E-state index contributed by atoms with van der Waals surface area (Å²) in [6.07, 6.45) is 0.0898. The van der Waals surface area contributed by atoms with Gasteiger partial charge in [0.2, 0.25) is 11.8 Å². The van der Waals surface area contributed by atoms with Gasteiger partial charge in [-0.15, -0.1) is 0 Å². The third kappa shape index (κ3) is 4.60. The number of methoxy groups -OCH3 is 1. The fraction of sp³-hybridized carbons (Fsp3) is 0.211. The number of anilines is 2. The number of hydrogen-bond donors (Lipinski definition) is 1. The summed E-state index contributed by atoms with van der Waals surface area (Å²) in [6, 6.07) is 11.8. The molecule has 0 saturated carbocycles. The molecule has 2 amide bonds. The first-order chi connectivity index (χ1) is 13.4. The number of thioether (sulfide) groups is 1. The zero-order valence-corrected chi connectivity index (χ0v) is 17.4. The third-order valence-corrected chi connectivity index (χ3v) is 5.60. The van der Waals surface area contributed by atoms with Crippen LogP contribution in [-0.4, -0.2) is 36.4 Å². The van der Waals surface area contributed by atoms with Gasteiger partial charge in [0.05, 0.1) is 12.8 Å². The minimum Gasteiger partial charge on any atom is -0.497 e. The lowest BCUT2D eigenvalue weighted by Gasteiger charge is -2.16. The van der Waals surface area contributed by atoms with Crippen LogP contribution in [0.5, 0.6) is 5.75 Å². The summed E-state index contributed by atoms with van der Waals surface area (Å²) in [6.45, 7) is 0. The summed E-state index contributed by atoms with van der Waals surface area (Å²) in [4.78, 5) is 30.6. The van der Waals surface area contributed by atoms with Crippen LogP contribution in [0.2, 0.25) is 10.0 Å². The van der Waals surface area contributed by atoms with E-state index in [4.69, 9.17) is 27.9 Å². The molecular formula is C19H17Cl2N3O3S. The minimum absolute atomic E-state index is 0.0898. The van der Waals surface area contributed by atoms with Crippen molar-refractivity contribution in [3.8, 4) is 5.75 Å². The van der Waals surface area contributed by atoms with Gasteiger partial charge in [-0.05, 0) is 42.5 Å². The Morgan fingerprint density at radius 3 is 2.39 bits per heavy atom. The van der Waals surface area contributed by atoms with Gasteiger partial charge in [-0.1, -0.05) is 35.0 Å². The van der Waals surface area contributed by atoms with Crippen molar-refractivity contribution in [3.63, 3.8) is 0 Å². The lowest BCUT2D eigenvalue weighted by atomic mass is 10.3. The highest BCUT2D eigenvalue weighted by atomic mass is 35.5. The second-order valence-electron chi connectivity index (χ2n) is 5.89. The Kier molecular flexibility index (Phi) is 6.49. The summed E-state index contributed by atoms with van der Waals surface area (Å²) in [7, 11) is 3.16. The van der Waals surface area contributed by atoms with E-state index in [-0.39, 0.29) is 18.2 Å². The van der Waals surface area contributed by atoms with Crippen molar-refractivity contribution in [2.75, 3.05) is 24.4 Å². The molecule has 0 spiro atoms. The number of rotatable bonds is 4. The van der Waals surface area contributed by atoms with Crippen LogP contribution in [0.15, 0.2) is 47.5 Å². The van der Waals surface area contributed by atoms with Gasteiger partial charge < -0.3 is 10.1 Å². The van der Waals surface area contributed by atoms with Crippen LogP contribution in [0, 0.1) is 0 Å². The Hall–Kier alpha value is -2.22. The molecule has 1 aliphatic heterocycles. The van der Waals surface area contributed by atoms with Crippen molar-refractivity contribution in [1.82, 2.24) is 0 Å². The lowest BCUT2D eigenvalue weighted by molar-refractivity contribution is -0.121. The van der Waals surface area contributed by atoms with E-state index in [1.165, 1.54) is 16.7 Å². The number of imide groups is 1. The van der Waals surface area contributed by atoms with Gasteiger partial charge >= 0.3 is 0 Å². The SMILES string of the molecule is CN=C(Nc1cc(Cl)cc(Cl)c1)S[C@H]1CC(=O)N(c2ccc(OC)cc2)C1=O. The molecule has 2 aromatic carbocycles. The molecule has 1 saturated heterocycles. The van der Waals surface area contributed by atoms with Crippen molar-refractivity contribution in [1.29, 1.82) is 0 Å². The fourth-order valence-corrected chi connectivity index (χ4v) is 4.23. The second-order valence-corrected chi connectivity index (χ2v) is 7.95. The molecular weight excluding hydrogens is 421 g/mol. The summed E-state index contributed by atoms with van der Waals surface area (Å²) < 4.78 is 5.11.